The highest BCUT2D eigenvalue weighted by molar-refractivity contribution is 5.80. The lowest BCUT2D eigenvalue weighted by molar-refractivity contribution is -0.128. The molecule has 1 saturated carbocycles. The van der Waals surface area contributed by atoms with Gasteiger partial charge in [-0.3, -0.25) is 9.59 Å². The number of hydrogen-bond acceptors (Lipinski definition) is 3. The molecule has 0 aromatic rings. The Balaban J connectivity index is 1.77. The Kier molecular flexibility index (Phi) is 5.20. The first-order valence-electron chi connectivity index (χ1n) is 7.98. The molecular weight excluding hydrogens is 266 g/mol. The van der Waals surface area contributed by atoms with E-state index in [2.05, 4.69) is 6.08 Å². The summed E-state index contributed by atoms with van der Waals surface area (Å²) in [5.41, 5.74) is 1.42. The van der Waals surface area contributed by atoms with Crippen LogP contribution in [0.25, 0.3) is 0 Å². The van der Waals surface area contributed by atoms with Crippen molar-refractivity contribution in [2.75, 3.05) is 14.1 Å². The topological polar surface area (TPSA) is 57.6 Å². The third kappa shape index (κ3) is 3.73. The molecule has 0 aromatic carbocycles. The van der Waals surface area contributed by atoms with Crippen LogP contribution in [0.3, 0.4) is 0 Å². The molecule has 0 spiro atoms. The van der Waals surface area contributed by atoms with Crippen LogP contribution in [0.5, 0.6) is 0 Å². The number of carbonyl (C=O) groups excluding carboxylic acids is 2. The smallest absolute Gasteiger partial charge is 0.222 e. The minimum absolute atomic E-state index is 0.126. The number of aliphatic hydroxyl groups is 1. The van der Waals surface area contributed by atoms with Gasteiger partial charge in [0, 0.05) is 26.4 Å². The number of amides is 1. The molecule has 1 fully saturated rings. The second-order valence-corrected chi connectivity index (χ2v) is 6.79. The van der Waals surface area contributed by atoms with Gasteiger partial charge in [-0.1, -0.05) is 11.6 Å². The van der Waals surface area contributed by atoms with Crippen molar-refractivity contribution >= 4 is 11.7 Å². The van der Waals surface area contributed by atoms with Gasteiger partial charge in [-0.25, -0.2) is 0 Å². The Morgan fingerprint density at radius 1 is 1.33 bits per heavy atom. The first kappa shape index (κ1) is 16.2. The van der Waals surface area contributed by atoms with Crippen molar-refractivity contribution in [1.29, 1.82) is 0 Å². The van der Waals surface area contributed by atoms with Gasteiger partial charge < -0.3 is 10.0 Å². The predicted molar refractivity (Wildman–Crippen MR) is 81.6 cm³/mol. The molecule has 0 aromatic heterocycles. The molecule has 0 radical (unpaired) electrons. The third-order valence-electron chi connectivity index (χ3n) is 4.99. The van der Waals surface area contributed by atoms with E-state index < -0.39 is 6.10 Å². The van der Waals surface area contributed by atoms with Gasteiger partial charge in [0.1, 0.15) is 5.78 Å². The van der Waals surface area contributed by atoms with Crippen LogP contribution in [-0.4, -0.2) is 41.9 Å². The van der Waals surface area contributed by atoms with Crippen LogP contribution >= 0.6 is 0 Å². The van der Waals surface area contributed by atoms with Gasteiger partial charge >= 0.3 is 0 Å². The Morgan fingerprint density at radius 3 is 2.67 bits per heavy atom. The number of hydrogen-bond donors (Lipinski definition) is 1. The highest BCUT2D eigenvalue weighted by Gasteiger charge is 2.46. The van der Waals surface area contributed by atoms with Crippen molar-refractivity contribution in [3.05, 3.63) is 11.6 Å². The number of ketones is 1. The van der Waals surface area contributed by atoms with Gasteiger partial charge in [0.15, 0.2) is 0 Å². The van der Waals surface area contributed by atoms with Crippen molar-refractivity contribution in [2.45, 2.75) is 51.6 Å². The molecule has 2 rings (SSSR count). The zero-order valence-electron chi connectivity index (χ0n) is 13.3. The van der Waals surface area contributed by atoms with Crippen molar-refractivity contribution in [1.82, 2.24) is 4.90 Å². The zero-order chi connectivity index (χ0) is 15.6. The zero-order valence-corrected chi connectivity index (χ0v) is 13.3. The minimum Gasteiger partial charge on any atom is -0.392 e. The molecule has 0 aliphatic heterocycles. The van der Waals surface area contributed by atoms with Crippen molar-refractivity contribution in [3.63, 3.8) is 0 Å². The summed E-state index contributed by atoms with van der Waals surface area (Å²) >= 11 is 0. The molecule has 0 unspecified atom stereocenters. The molecule has 0 saturated heterocycles. The fourth-order valence-corrected chi connectivity index (χ4v) is 3.91. The highest BCUT2D eigenvalue weighted by Crippen LogP contribution is 2.47. The second-order valence-electron chi connectivity index (χ2n) is 6.79. The number of nitrogens with zero attached hydrogens (tertiary/aromatic N) is 1. The predicted octanol–water partition coefficient (Wildman–Crippen LogP) is 2.17. The number of fused-ring (bicyclic) bond motifs is 1. The van der Waals surface area contributed by atoms with Gasteiger partial charge in [-0.15, -0.1) is 0 Å². The summed E-state index contributed by atoms with van der Waals surface area (Å²) in [6.45, 7) is 1.60. The molecule has 4 nitrogen and oxygen atoms in total. The van der Waals surface area contributed by atoms with Gasteiger partial charge in [-0.2, -0.15) is 0 Å². The van der Waals surface area contributed by atoms with E-state index in [1.54, 1.807) is 25.9 Å². The fourth-order valence-electron chi connectivity index (χ4n) is 3.91. The summed E-state index contributed by atoms with van der Waals surface area (Å²) in [4.78, 5) is 24.8. The minimum atomic E-state index is -0.451. The average molecular weight is 293 g/mol. The number of carbonyl (C=O) groups is 2. The summed E-state index contributed by atoms with van der Waals surface area (Å²) in [7, 11) is 3.58. The standard InChI is InChI=1S/C17H27NO3/c1-11(19)17-14-9-12(8-13(14)10-15(17)20)6-4-5-7-16(21)18(2)3/h8,13-15,17,20H,4-7,9-10H2,1-3H3/t13-,14-,15+,17+/m0/s1. The Bertz CT molecular complexity index is 441. The first-order valence-corrected chi connectivity index (χ1v) is 7.98. The first-order chi connectivity index (χ1) is 9.90. The average Bonchev–Trinajstić information content (AvgIpc) is 2.89. The van der Waals surface area contributed by atoms with Crippen molar-refractivity contribution in [3.8, 4) is 0 Å². The van der Waals surface area contributed by atoms with E-state index in [4.69, 9.17) is 0 Å². The van der Waals surface area contributed by atoms with E-state index >= 15 is 0 Å². The number of rotatable bonds is 6. The van der Waals surface area contributed by atoms with Crippen LogP contribution < -0.4 is 0 Å². The summed E-state index contributed by atoms with van der Waals surface area (Å²) in [6, 6.07) is 0. The second kappa shape index (κ2) is 6.73. The maximum atomic E-state index is 11.7. The number of Topliss-reactive ketones (excluding diaryl/α,β-unsaturated/α-hetero) is 1. The molecule has 0 heterocycles. The van der Waals surface area contributed by atoms with E-state index in [0.29, 0.717) is 18.3 Å². The fraction of sp³-hybridized carbons (Fsp3) is 0.765. The molecule has 4 heteroatoms. The van der Waals surface area contributed by atoms with Crippen LogP contribution in [0.4, 0.5) is 0 Å². The lowest BCUT2D eigenvalue weighted by Crippen LogP contribution is -2.26. The summed E-state index contributed by atoms with van der Waals surface area (Å²) < 4.78 is 0. The monoisotopic (exact) mass is 293 g/mol. The maximum Gasteiger partial charge on any atom is 0.222 e. The van der Waals surface area contributed by atoms with Gasteiger partial charge in [0.2, 0.25) is 5.91 Å². The Hall–Kier alpha value is -1.16. The molecule has 2 aliphatic rings. The van der Waals surface area contributed by atoms with Crippen LogP contribution in [0.15, 0.2) is 11.6 Å². The van der Waals surface area contributed by atoms with E-state index in [9.17, 15) is 14.7 Å². The number of unbranched alkanes of at least 4 members (excludes halogenated alkanes) is 1. The van der Waals surface area contributed by atoms with Crippen LogP contribution in [0.2, 0.25) is 0 Å². The van der Waals surface area contributed by atoms with Gasteiger partial charge in [0.25, 0.3) is 0 Å². The van der Waals surface area contributed by atoms with Crippen molar-refractivity contribution in [2.24, 2.45) is 17.8 Å². The number of allylic oxidation sites excluding steroid dienone is 2. The molecular formula is C17H27NO3. The van der Waals surface area contributed by atoms with Gasteiger partial charge in [-0.05, 0) is 50.9 Å². The van der Waals surface area contributed by atoms with E-state index in [0.717, 1.165) is 32.1 Å². The van der Waals surface area contributed by atoms with E-state index in [1.165, 1.54) is 5.57 Å². The molecule has 2 aliphatic carbocycles. The summed E-state index contributed by atoms with van der Waals surface area (Å²) in [5, 5.41) is 9.99. The van der Waals surface area contributed by atoms with Crippen LogP contribution in [0.1, 0.15) is 45.4 Å². The Morgan fingerprint density at radius 2 is 2.05 bits per heavy atom. The lowest BCUT2D eigenvalue weighted by Gasteiger charge is -2.18. The SMILES string of the molecule is CC(=O)[C@@H]1[C@H]2CC(CCCCC(=O)N(C)C)=C[C@H]2C[C@H]1O. The summed E-state index contributed by atoms with van der Waals surface area (Å²) in [6.07, 6.45) is 7.10. The normalized spacial score (nSPS) is 31.0. The molecule has 4 atom stereocenters. The van der Waals surface area contributed by atoms with E-state index in [-0.39, 0.29) is 17.6 Å². The van der Waals surface area contributed by atoms with Gasteiger partial charge in [0.05, 0.1) is 6.10 Å². The molecule has 1 amide bonds. The largest absolute Gasteiger partial charge is 0.392 e. The van der Waals surface area contributed by atoms with Crippen LogP contribution in [0, 0.1) is 17.8 Å². The number of aliphatic hydroxyl groups excluding tert-OH is 1. The third-order valence-corrected chi connectivity index (χ3v) is 4.99. The summed E-state index contributed by atoms with van der Waals surface area (Å²) in [5.74, 6) is 0.843. The molecule has 21 heavy (non-hydrogen) atoms. The van der Waals surface area contributed by atoms with Crippen LogP contribution in [-0.2, 0) is 9.59 Å². The maximum absolute atomic E-state index is 11.7. The quantitative estimate of drug-likeness (QED) is 0.603. The lowest BCUT2D eigenvalue weighted by atomic mass is 9.87. The highest BCUT2D eigenvalue weighted by atomic mass is 16.3. The Labute approximate surface area is 127 Å². The van der Waals surface area contributed by atoms with E-state index in [1.807, 2.05) is 0 Å². The molecule has 1 N–H and O–H groups in total. The molecule has 0 bridgehead atoms. The molecule has 118 valence electrons. The van der Waals surface area contributed by atoms with Crippen molar-refractivity contribution < 1.29 is 14.7 Å².